The summed E-state index contributed by atoms with van der Waals surface area (Å²) in [7, 11) is 0. The Balaban J connectivity index is 1.76. The smallest absolute Gasteiger partial charge is 0.224 e. The molecule has 112 valence electrons. The summed E-state index contributed by atoms with van der Waals surface area (Å²) in [6.45, 7) is 4.66. The van der Waals surface area contributed by atoms with Gasteiger partial charge in [-0.15, -0.1) is 0 Å². The van der Waals surface area contributed by atoms with Crippen LogP contribution >= 0.6 is 15.9 Å². The van der Waals surface area contributed by atoms with Gasteiger partial charge in [0.1, 0.15) is 0 Å². The molecule has 0 aliphatic rings. The molecule has 2 aromatic heterocycles. The first-order chi connectivity index (χ1) is 10.6. The van der Waals surface area contributed by atoms with Crippen LogP contribution in [0.2, 0.25) is 0 Å². The SMILES string of the molecule is Cc1cc(C)n(-c2ccnc(NCc3ccc(Br)cc3)n2)n1. The van der Waals surface area contributed by atoms with Crippen LogP contribution in [0.5, 0.6) is 0 Å². The molecule has 6 heteroatoms. The maximum absolute atomic E-state index is 4.52. The first-order valence-electron chi connectivity index (χ1n) is 6.97. The molecule has 3 aromatic rings. The van der Waals surface area contributed by atoms with Crippen LogP contribution in [-0.4, -0.2) is 19.7 Å². The van der Waals surface area contributed by atoms with Gasteiger partial charge in [0.2, 0.25) is 5.95 Å². The van der Waals surface area contributed by atoms with Crippen LogP contribution in [0.1, 0.15) is 17.0 Å². The number of benzene rings is 1. The topological polar surface area (TPSA) is 55.6 Å². The van der Waals surface area contributed by atoms with E-state index in [4.69, 9.17) is 0 Å². The van der Waals surface area contributed by atoms with Crippen LogP contribution in [0.25, 0.3) is 5.82 Å². The summed E-state index contributed by atoms with van der Waals surface area (Å²) in [5, 5.41) is 7.68. The lowest BCUT2D eigenvalue weighted by atomic mass is 10.2. The molecule has 0 fully saturated rings. The molecule has 5 nitrogen and oxygen atoms in total. The molecule has 2 heterocycles. The second kappa shape index (κ2) is 6.27. The minimum Gasteiger partial charge on any atom is -0.350 e. The van der Waals surface area contributed by atoms with E-state index in [1.165, 1.54) is 5.56 Å². The number of hydrogen-bond donors (Lipinski definition) is 1. The number of anilines is 1. The van der Waals surface area contributed by atoms with Gasteiger partial charge in [-0.05, 0) is 37.6 Å². The maximum atomic E-state index is 4.52. The minimum absolute atomic E-state index is 0.591. The number of rotatable bonds is 4. The highest BCUT2D eigenvalue weighted by Gasteiger charge is 2.06. The molecule has 0 bridgehead atoms. The van der Waals surface area contributed by atoms with Crippen molar-refractivity contribution in [1.82, 2.24) is 19.7 Å². The first-order valence-corrected chi connectivity index (χ1v) is 7.76. The van der Waals surface area contributed by atoms with Gasteiger partial charge in [0.25, 0.3) is 0 Å². The van der Waals surface area contributed by atoms with Crippen molar-refractivity contribution in [3.8, 4) is 5.82 Å². The molecule has 1 N–H and O–H groups in total. The number of nitrogens with zero attached hydrogens (tertiary/aromatic N) is 4. The second-order valence-electron chi connectivity index (χ2n) is 5.06. The average molecular weight is 358 g/mol. The van der Waals surface area contributed by atoms with Gasteiger partial charge >= 0.3 is 0 Å². The quantitative estimate of drug-likeness (QED) is 0.774. The van der Waals surface area contributed by atoms with Gasteiger partial charge in [-0.2, -0.15) is 10.1 Å². The van der Waals surface area contributed by atoms with E-state index in [1.807, 2.05) is 42.8 Å². The van der Waals surface area contributed by atoms with Gasteiger partial charge in [-0.25, -0.2) is 9.67 Å². The summed E-state index contributed by atoms with van der Waals surface area (Å²) < 4.78 is 2.89. The zero-order valence-corrected chi connectivity index (χ0v) is 14.0. The fraction of sp³-hybridized carbons (Fsp3) is 0.188. The summed E-state index contributed by atoms with van der Waals surface area (Å²) >= 11 is 3.43. The highest BCUT2D eigenvalue weighted by Crippen LogP contribution is 2.13. The van der Waals surface area contributed by atoms with Crippen LogP contribution < -0.4 is 5.32 Å². The molecule has 0 aliphatic carbocycles. The average Bonchev–Trinajstić information content (AvgIpc) is 2.86. The predicted molar refractivity (Wildman–Crippen MR) is 90.1 cm³/mol. The van der Waals surface area contributed by atoms with Crippen molar-refractivity contribution in [3.05, 3.63) is 64.0 Å². The van der Waals surface area contributed by atoms with E-state index >= 15 is 0 Å². The third-order valence-corrected chi connectivity index (χ3v) is 3.76. The Morgan fingerprint density at radius 1 is 1.14 bits per heavy atom. The van der Waals surface area contributed by atoms with E-state index in [0.29, 0.717) is 12.5 Å². The molecule has 1 aromatic carbocycles. The third kappa shape index (κ3) is 3.33. The molecule has 0 amide bonds. The van der Waals surface area contributed by atoms with E-state index in [0.717, 1.165) is 21.7 Å². The Morgan fingerprint density at radius 3 is 2.59 bits per heavy atom. The largest absolute Gasteiger partial charge is 0.350 e. The molecule has 0 radical (unpaired) electrons. The Bertz CT molecular complexity index is 779. The van der Waals surface area contributed by atoms with Gasteiger partial charge in [0.05, 0.1) is 5.69 Å². The second-order valence-corrected chi connectivity index (χ2v) is 5.97. The zero-order chi connectivity index (χ0) is 15.5. The lowest BCUT2D eigenvalue weighted by molar-refractivity contribution is 0.800. The fourth-order valence-corrected chi connectivity index (χ4v) is 2.46. The van der Waals surface area contributed by atoms with Crippen molar-refractivity contribution < 1.29 is 0 Å². The Hall–Kier alpha value is -2.21. The molecule has 0 saturated carbocycles. The monoisotopic (exact) mass is 357 g/mol. The van der Waals surface area contributed by atoms with E-state index in [1.54, 1.807) is 6.20 Å². The van der Waals surface area contributed by atoms with Crippen LogP contribution in [0.3, 0.4) is 0 Å². The molecular formula is C16H16BrN5. The van der Waals surface area contributed by atoms with E-state index in [2.05, 4.69) is 48.4 Å². The fourth-order valence-electron chi connectivity index (χ4n) is 2.20. The highest BCUT2D eigenvalue weighted by atomic mass is 79.9. The van der Waals surface area contributed by atoms with E-state index < -0.39 is 0 Å². The molecule has 0 aliphatic heterocycles. The van der Waals surface area contributed by atoms with Gasteiger partial charge in [-0.3, -0.25) is 0 Å². The summed E-state index contributed by atoms with van der Waals surface area (Å²) in [5.74, 6) is 1.35. The molecule has 22 heavy (non-hydrogen) atoms. The zero-order valence-electron chi connectivity index (χ0n) is 12.4. The lowest BCUT2D eigenvalue weighted by Crippen LogP contribution is -2.07. The number of aromatic nitrogens is 4. The Kier molecular flexibility index (Phi) is 4.20. The molecule has 0 saturated heterocycles. The molecule has 0 unspecified atom stereocenters. The van der Waals surface area contributed by atoms with Gasteiger partial charge in [-0.1, -0.05) is 28.1 Å². The summed E-state index contributed by atoms with van der Waals surface area (Å²) in [6.07, 6.45) is 1.74. The summed E-state index contributed by atoms with van der Waals surface area (Å²) in [5.41, 5.74) is 3.19. The number of halogens is 1. The van der Waals surface area contributed by atoms with Gasteiger partial charge in [0.15, 0.2) is 5.82 Å². The third-order valence-electron chi connectivity index (χ3n) is 3.23. The minimum atomic E-state index is 0.591. The van der Waals surface area contributed by atoms with E-state index in [-0.39, 0.29) is 0 Å². The number of hydrogen-bond acceptors (Lipinski definition) is 4. The van der Waals surface area contributed by atoms with Gasteiger partial charge in [0, 0.05) is 29.0 Å². The molecule has 0 atom stereocenters. The molecular weight excluding hydrogens is 342 g/mol. The number of nitrogens with one attached hydrogen (secondary N) is 1. The van der Waals surface area contributed by atoms with Crippen molar-refractivity contribution in [2.75, 3.05) is 5.32 Å². The maximum Gasteiger partial charge on any atom is 0.224 e. The highest BCUT2D eigenvalue weighted by molar-refractivity contribution is 9.10. The van der Waals surface area contributed by atoms with Crippen LogP contribution in [0.4, 0.5) is 5.95 Å². The van der Waals surface area contributed by atoms with Crippen molar-refractivity contribution >= 4 is 21.9 Å². The van der Waals surface area contributed by atoms with Crippen LogP contribution in [0, 0.1) is 13.8 Å². The van der Waals surface area contributed by atoms with Crippen LogP contribution in [0.15, 0.2) is 47.1 Å². The van der Waals surface area contributed by atoms with Crippen molar-refractivity contribution in [2.24, 2.45) is 0 Å². The van der Waals surface area contributed by atoms with E-state index in [9.17, 15) is 0 Å². The van der Waals surface area contributed by atoms with Gasteiger partial charge < -0.3 is 5.32 Å². The Morgan fingerprint density at radius 2 is 1.91 bits per heavy atom. The standard InChI is InChI=1S/C16H16BrN5/c1-11-9-12(2)22(21-11)15-7-8-18-16(20-15)19-10-13-3-5-14(17)6-4-13/h3-9H,10H2,1-2H3,(H,18,19,20). The normalized spacial score (nSPS) is 10.7. The first kappa shape index (κ1) is 14.7. The summed E-state index contributed by atoms with van der Waals surface area (Å²) in [4.78, 5) is 8.78. The predicted octanol–water partition coefficient (Wildman–Crippen LogP) is 3.65. The molecule has 3 rings (SSSR count). The molecule has 0 spiro atoms. The van der Waals surface area contributed by atoms with Crippen molar-refractivity contribution in [3.63, 3.8) is 0 Å². The van der Waals surface area contributed by atoms with Crippen molar-refractivity contribution in [1.29, 1.82) is 0 Å². The van der Waals surface area contributed by atoms with Crippen LogP contribution in [-0.2, 0) is 6.54 Å². The number of aryl methyl sites for hydroxylation is 2. The Labute approximate surface area is 137 Å². The lowest BCUT2D eigenvalue weighted by Gasteiger charge is -2.08. The van der Waals surface area contributed by atoms with Crippen molar-refractivity contribution in [2.45, 2.75) is 20.4 Å². The summed E-state index contributed by atoms with van der Waals surface area (Å²) in [6, 6.07) is 12.0.